The van der Waals surface area contributed by atoms with Gasteiger partial charge in [0.2, 0.25) is 0 Å². The van der Waals surface area contributed by atoms with Gasteiger partial charge in [0.05, 0.1) is 0 Å². The summed E-state index contributed by atoms with van der Waals surface area (Å²) < 4.78 is 3.57. The standard InChI is InChI=1S/C15H13BrClNS/c16-13-2-1-12-10-18(8-7-11(12)9-13)19-15-5-3-14(17)4-6-15/h1-6,9H,7-8,10H2. The third kappa shape index (κ3) is 3.34. The molecule has 0 atom stereocenters. The van der Waals surface area contributed by atoms with Crippen molar-refractivity contribution >= 4 is 39.5 Å². The zero-order chi connectivity index (χ0) is 13.2. The summed E-state index contributed by atoms with van der Waals surface area (Å²) in [6.45, 7) is 2.08. The molecule has 0 saturated heterocycles. The molecule has 1 heterocycles. The van der Waals surface area contributed by atoms with E-state index in [0.29, 0.717) is 0 Å². The molecule has 0 aromatic heterocycles. The molecule has 98 valence electrons. The number of fused-ring (bicyclic) bond motifs is 1. The number of hydrogen-bond acceptors (Lipinski definition) is 2. The van der Waals surface area contributed by atoms with E-state index in [1.165, 1.54) is 20.5 Å². The van der Waals surface area contributed by atoms with Gasteiger partial charge < -0.3 is 0 Å². The van der Waals surface area contributed by atoms with Crippen LogP contribution in [0, 0.1) is 0 Å². The fourth-order valence-corrected chi connectivity index (χ4v) is 3.69. The molecule has 0 bridgehead atoms. The zero-order valence-corrected chi connectivity index (χ0v) is 13.4. The van der Waals surface area contributed by atoms with Crippen LogP contribution in [0.3, 0.4) is 0 Å². The number of rotatable bonds is 2. The number of benzene rings is 2. The molecule has 2 aromatic rings. The Morgan fingerprint density at radius 2 is 1.84 bits per heavy atom. The van der Waals surface area contributed by atoms with E-state index >= 15 is 0 Å². The molecule has 4 heteroatoms. The minimum absolute atomic E-state index is 0.790. The average Bonchev–Trinajstić information content (AvgIpc) is 2.42. The van der Waals surface area contributed by atoms with Crippen LogP contribution in [0.5, 0.6) is 0 Å². The largest absolute Gasteiger partial charge is 0.242 e. The van der Waals surface area contributed by atoms with E-state index in [4.69, 9.17) is 11.6 Å². The van der Waals surface area contributed by atoms with Gasteiger partial charge in [-0.1, -0.05) is 33.6 Å². The Morgan fingerprint density at radius 3 is 2.63 bits per heavy atom. The predicted octanol–water partition coefficient (Wildman–Crippen LogP) is 5.17. The second-order valence-electron chi connectivity index (χ2n) is 4.57. The van der Waals surface area contributed by atoms with Crippen LogP contribution in [0.4, 0.5) is 0 Å². The van der Waals surface area contributed by atoms with Crippen LogP contribution in [0.15, 0.2) is 51.8 Å². The van der Waals surface area contributed by atoms with Gasteiger partial charge in [-0.2, -0.15) is 0 Å². The topological polar surface area (TPSA) is 3.24 Å². The van der Waals surface area contributed by atoms with Crippen LogP contribution >= 0.6 is 39.5 Å². The zero-order valence-electron chi connectivity index (χ0n) is 10.3. The van der Waals surface area contributed by atoms with Gasteiger partial charge in [-0.25, -0.2) is 4.31 Å². The quantitative estimate of drug-likeness (QED) is 0.685. The third-order valence-electron chi connectivity index (χ3n) is 3.19. The Balaban J connectivity index is 1.72. The lowest BCUT2D eigenvalue weighted by Gasteiger charge is -2.27. The average molecular weight is 355 g/mol. The fraction of sp³-hybridized carbons (Fsp3) is 0.200. The van der Waals surface area contributed by atoms with Crippen molar-refractivity contribution in [1.82, 2.24) is 4.31 Å². The summed E-state index contributed by atoms with van der Waals surface area (Å²) >= 11 is 11.2. The number of hydrogen-bond donors (Lipinski definition) is 0. The maximum Gasteiger partial charge on any atom is 0.0406 e. The summed E-state index contributed by atoms with van der Waals surface area (Å²) in [5.41, 5.74) is 2.89. The Kier molecular flexibility index (Phi) is 4.18. The van der Waals surface area contributed by atoms with Crippen LogP contribution in [-0.2, 0) is 13.0 Å². The van der Waals surface area contributed by atoms with E-state index in [2.05, 4.69) is 50.6 Å². The van der Waals surface area contributed by atoms with Gasteiger partial charge in [0.25, 0.3) is 0 Å². The normalized spacial score (nSPS) is 15.3. The van der Waals surface area contributed by atoms with Gasteiger partial charge in [-0.15, -0.1) is 0 Å². The van der Waals surface area contributed by atoms with Crippen LogP contribution in [0.2, 0.25) is 5.02 Å². The first-order valence-electron chi connectivity index (χ1n) is 6.16. The lowest BCUT2D eigenvalue weighted by molar-refractivity contribution is 0.444. The van der Waals surface area contributed by atoms with E-state index in [1.54, 1.807) is 11.9 Å². The molecule has 1 nitrogen and oxygen atoms in total. The van der Waals surface area contributed by atoms with Gasteiger partial charge in [-0.3, -0.25) is 0 Å². The molecule has 0 amide bonds. The van der Waals surface area contributed by atoms with Crippen molar-refractivity contribution in [2.45, 2.75) is 17.9 Å². The van der Waals surface area contributed by atoms with Gasteiger partial charge in [-0.05, 0) is 65.9 Å². The van der Waals surface area contributed by atoms with Crippen molar-refractivity contribution in [3.8, 4) is 0 Å². The van der Waals surface area contributed by atoms with E-state index in [9.17, 15) is 0 Å². The van der Waals surface area contributed by atoms with E-state index in [-0.39, 0.29) is 0 Å². The maximum absolute atomic E-state index is 5.91. The minimum Gasteiger partial charge on any atom is -0.242 e. The summed E-state index contributed by atoms with van der Waals surface area (Å²) in [5, 5.41) is 0.790. The molecule has 0 spiro atoms. The third-order valence-corrected chi connectivity index (χ3v) is 4.99. The monoisotopic (exact) mass is 353 g/mol. The molecule has 0 fully saturated rings. The van der Waals surface area contributed by atoms with Crippen molar-refractivity contribution in [3.05, 3.63) is 63.1 Å². The first-order chi connectivity index (χ1) is 9.20. The minimum atomic E-state index is 0.790. The smallest absolute Gasteiger partial charge is 0.0406 e. The molecule has 0 radical (unpaired) electrons. The van der Waals surface area contributed by atoms with E-state index < -0.39 is 0 Å². The summed E-state index contributed by atoms with van der Waals surface area (Å²) in [7, 11) is 0. The summed E-state index contributed by atoms with van der Waals surface area (Å²) in [4.78, 5) is 1.24. The SMILES string of the molecule is Clc1ccc(SN2CCc3cc(Br)ccc3C2)cc1. The predicted molar refractivity (Wildman–Crippen MR) is 85.6 cm³/mol. The van der Waals surface area contributed by atoms with E-state index in [1.807, 2.05) is 12.1 Å². The second kappa shape index (κ2) is 5.88. The molecule has 0 aliphatic carbocycles. The first kappa shape index (κ1) is 13.5. The Hall–Kier alpha value is -0.480. The highest BCUT2D eigenvalue weighted by Crippen LogP contribution is 2.30. The summed E-state index contributed by atoms with van der Waals surface area (Å²) in [6, 6.07) is 14.6. The maximum atomic E-state index is 5.91. The highest BCUT2D eigenvalue weighted by molar-refractivity contribution is 9.10. The van der Waals surface area contributed by atoms with E-state index in [0.717, 1.165) is 24.5 Å². The van der Waals surface area contributed by atoms with Crippen molar-refractivity contribution in [2.24, 2.45) is 0 Å². The Bertz CT molecular complexity index is 585. The molecule has 0 saturated carbocycles. The summed E-state index contributed by atoms with van der Waals surface area (Å²) in [6.07, 6.45) is 1.11. The molecular formula is C15H13BrClNS. The molecule has 1 aliphatic heterocycles. The van der Waals surface area contributed by atoms with Crippen LogP contribution in [-0.4, -0.2) is 10.8 Å². The molecule has 19 heavy (non-hydrogen) atoms. The lowest BCUT2D eigenvalue weighted by atomic mass is 10.0. The molecular weight excluding hydrogens is 342 g/mol. The molecule has 0 N–H and O–H groups in total. The van der Waals surface area contributed by atoms with Gasteiger partial charge in [0.1, 0.15) is 0 Å². The van der Waals surface area contributed by atoms with Crippen molar-refractivity contribution in [3.63, 3.8) is 0 Å². The van der Waals surface area contributed by atoms with Crippen molar-refractivity contribution in [2.75, 3.05) is 6.54 Å². The number of halogens is 2. The molecule has 0 unspecified atom stereocenters. The first-order valence-corrected chi connectivity index (χ1v) is 8.11. The van der Waals surface area contributed by atoms with Gasteiger partial charge in [0.15, 0.2) is 0 Å². The Morgan fingerprint density at radius 1 is 1.05 bits per heavy atom. The highest BCUT2D eigenvalue weighted by Gasteiger charge is 2.17. The van der Waals surface area contributed by atoms with Crippen molar-refractivity contribution in [1.29, 1.82) is 0 Å². The van der Waals surface area contributed by atoms with Crippen LogP contribution in [0.25, 0.3) is 0 Å². The van der Waals surface area contributed by atoms with Crippen LogP contribution < -0.4 is 0 Å². The molecule has 1 aliphatic rings. The number of nitrogens with zero attached hydrogens (tertiary/aromatic N) is 1. The van der Waals surface area contributed by atoms with Crippen molar-refractivity contribution < 1.29 is 0 Å². The molecule has 2 aromatic carbocycles. The molecule has 3 rings (SSSR count). The van der Waals surface area contributed by atoms with Gasteiger partial charge in [0, 0.05) is 27.5 Å². The summed E-state index contributed by atoms with van der Waals surface area (Å²) in [5.74, 6) is 0. The van der Waals surface area contributed by atoms with Crippen LogP contribution in [0.1, 0.15) is 11.1 Å². The fourth-order valence-electron chi connectivity index (χ4n) is 2.22. The Labute approximate surface area is 131 Å². The highest BCUT2D eigenvalue weighted by atomic mass is 79.9. The lowest BCUT2D eigenvalue weighted by Crippen LogP contribution is -2.24. The second-order valence-corrected chi connectivity index (χ2v) is 7.09. The van der Waals surface area contributed by atoms with Gasteiger partial charge >= 0.3 is 0 Å².